The zero-order chi connectivity index (χ0) is 14.5. The Bertz CT molecular complexity index is 610. The topological polar surface area (TPSA) is 58.6 Å². The molecule has 2 rings (SSSR count). The highest BCUT2D eigenvalue weighted by Crippen LogP contribution is 2.25. The maximum atomic E-state index is 12.2. The van der Waals surface area contributed by atoms with Crippen LogP contribution in [0.5, 0.6) is 5.75 Å². The summed E-state index contributed by atoms with van der Waals surface area (Å²) >= 11 is 0. The summed E-state index contributed by atoms with van der Waals surface area (Å²) in [7, 11) is 1.60. The molecule has 2 N–H and O–H groups in total. The smallest absolute Gasteiger partial charge is 0.255 e. The lowest BCUT2D eigenvalue weighted by Gasteiger charge is -2.16. The summed E-state index contributed by atoms with van der Waals surface area (Å²) in [6.45, 7) is 2.43. The number of ether oxygens (including phenoxy) is 1. The molecule has 0 aliphatic heterocycles. The van der Waals surface area contributed by atoms with Crippen LogP contribution in [0.2, 0.25) is 0 Å². The Balaban J connectivity index is 2.27. The molecule has 0 heterocycles. The van der Waals surface area contributed by atoms with E-state index in [1.165, 1.54) is 0 Å². The lowest BCUT2D eigenvalue weighted by atomic mass is 10.0. The first-order valence-electron chi connectivity index (χ1n) is 6.67. The van der Waals surface area contributed by atoms with Gasteiger partial charge in [0.1, 0.15) is 5.75 Å². The number of aromatic hydroxyl groups is 1. The number of carbonyl (C=O) groups is 1. The fourth-order valence-electron chi connectivity index (χ4n) is 2.14. The SMILES string of the molecule is CCC(COC)NC(=O)c1cc2ccccc2cc1O. The number of hydrogen-bond acceptors (Lipinski definition) is 3. The normalized spacial score (nSPS) is 12.3. The average Bonchev–Trinajstić information content (AvgIpc) is 2.45. The maximum Gasteiger partial charge on any atom is 0.255 e. The summed E-state index contributed by atoms with van der Waals surface area (Å²) in [6.07, 6.45) is 0.772. The molecular weight excluding hydrogens is 254 g/mol. The van der Waals surface area contributed by atoms with Crippen molar-refractivity contribution in [2.45, 2.75) is 19.4 Å². The van der Waals surface area contributed by atoms with Gasteiger partial charge < -0.3 is 15.2 Å². The van der Waals surface area contributed by atoms with Crippen molar-refractivity contribution in [2.24, 2.45) is 0 Å². The van der Waals surface area contributed by atoms with Crippen LogP contribution in [0.3, 0.4) is 0 Å². The number of rotatable bonds is 5. The van der Waals surface area contributed by atoms with Crippen molar-refractivity contribution in [3.8, 4) is 5.75 Å². The van der Waals surface area contributed by atoms with Crippen LogP contribution < -0.4 is 5.32 Å². The van der Waals surface area contributed by atoms with Gasteiger partial charge in [0.05, 0.1) is 18.2 Å². The number of nitrogens with one attached hydrogen (secondary N) is 1. The van der Waals surface area contributed by atoms with Crippen LogP contribution in [0.25, 0.3) is 10.8 Å². The fraction of sp³-hybridized carbons (Fsp3) is 0.312. The molecule has 2 aromatic carbocycles. The van der Waals surface area contributed by atoms with E-state index in [0.717, 1.165) is 17.2 Å². The molecule has 1 atom stereocenters. The fourth-order valence-corrected chi connectivity index (χ4v) is 2.14. The molecule has 0 bridgehead atoms. The third-order valence-electron chi connectivity index (χ3n) is 3.30. The van der Waals surface area contributed by atoms with Crippen molar-refractivity contribution in [3.63, 3.8) is 0 Å². The summed E-state index contributed by atoms with van der Waals surface area (Å²) in [5.74, 6) is -0.286. The minimum absolute atomic E-state index is 0.00605. The highest BCUT2D eigenvalue weighted by Gasteiger charge is 2.16. The molecule has 1 unspecified atom stereocenters. The van der Waals surface area contributed by atoms with Gasteiger partial charge in [-0.25, -0.2) is 0 Å². The molecule has 0 aliphatic rings. The minimum atomic E-state index is -0.280. The number of carbonyl (C=O) groups excluding carboxylic acids is 1. The van der Waals surface area contributed by atoms with Crippen molar-refractivity contribution >= 4 is 16.7 Å². The summed E-state index contributed by atoms with van der Waals surface area (Å²) in [4.78, 5) is 12.2. The van der Waals surface area contributed by atoms with Crippen LogP contribution in [0.4, 0.5) is 0 Å². The van der Waals surface area contributed by atoms with E-state index in [-0.39, 0.29) is 17.7 Å². The largest absolute Gasteiger partial charge is 0.507 e. The first-order chi connectivity index (χ1) is 9.65. The Labute approximate surface area is 118 Å². The molecule has 4 nitrogen and oxygen atoms in total. The number of fused-ring (bicyclic) bond motifs is 1. The van der Waals surface area contributed by atoms with Gasteiger partial charge in [-0.15, -0.1) is 0 Å². The van der Waals surface area contributed by atoms with Gasteiger partial charge in [0.25, 0.3) is 5.91 Å². The summed E-state index contributed by atoms with van der Waals surface area (Å²) in [6, 6.07) is 10.9. The van der Waals surface area contributed by atoms with Crippen LogP contribution in [0.15, 0.2) is 36.4 Å². The van der Waals surface area contributed by atoms with Crippen LogP contribution in [-0.4, -0.2) is 30.8 Å². The molecule has 20 heavy (non-hydrogen) atoms. The molecule has 4 heteroatoms. The van der Waals surface area contributed by atoms with E-state index >= 15 is 0 Å². The van der Waals surface area contributed by atoms with E-state index in [0.29, 0.717) is 12.2 Å². The van der Waals surface area contributed by atoms with Gasteiger partial charge in [-0.3, -0.25) is 4.79 Å². The summed E-state index contributed by atoms with van der Waals surface area (Å²) in [5.41, 5.74) is 0.290. The summed E-state index contributed by atoms with van der Waals surface area (Å²) in [5, 5.41) is 14.7. The average molecular weight is 273 g/mol. The number of phenolic OH excluding ortho intramolecular Hbond substituents is 1. The zero-order valence-corrected chi connectivity index (χ0v) is 11.7. The molecule has 0 spiro atoms. The molecule has 1 amide bonds. The van der Waals surface area contributed by atoms with Crippen molar-refractivity contribution in [2.75, 3.05) is 13.7 Å². The van der Waals surface area contributed by atoms with Crippen molar-refractivity contribution in [1.29, 1.82) is 0 Å². The van der Waals surface area contributed by atoms with Gasteiger partial charge in [-0.2, -0.15) is 0 Å². The third-order valence-corrected chi connectivity index (χ3v) is 3.30. The van der Waals surface area contributed by atoms with Crippen LogP contribution >= 0.6 is 0 Å². The second-order valence-corrected chi connectivity index (χ2v) is 4.75. The Kier molecular flexibility index (Phi) is 4.58. The molecule has 0 radical (unpaired) electrons. The van der Waals surface area contributed by atoms with Gasteiger partial charge in [0.2, 0.25) is 0 Å². The standard InChI is InChI=1S/C16H19NO3/c1-3-13(10-20-2)17-16(19)14-8-11-6-4-5-7-12(11)9-15(14)18/h4-9,13,18H,3,10H2,1-2H3,(H,17,19). The zero-order valence-electron chi connectivity index (χ0n) is 11.7. The van der Waals surface area contributed by atoms with Gasteiger partial charge >= 0.3 is 0 Å². The Morgan fingerprint density at radius 2 is 1.95 bits per heavy atom. The van der Waals surface area contributed by atoms with E-state index in [1.54, 1.807) is 19.2 Å². The monoisotopic (exact) mass is 273 g/mol. The van der Waals surface area contributed by atoms with Crippen LogP contribution in [-0.2, 0) is 4.74 Å². The van der Waals surface area contributed by atoms with Crippen molar-refractivity contribution in [1.82, 2.24) is 5.32 Å². The molecule has 0 saturated heterocycles. The molecule has 0 aromatic heterocycles. The summed E-state index contributed by atoms with van der Waals surface area (Å²) < 4.78 is 5.05. The number of phenols is 1. The molecule has 0 fully saturated rings. The van der Waals surface area contributed by atoms with Gasteiger partial charge in [-0.1, -0.05) is 31.2 Å². The molecule has 0 saturated carbocycles. The van der Waals surface area contributed by atoms with E-state index in [4.69, 9.17) is 4.74 Å². The Hall–Kier alpha value is -2.07. The maximum absolute atomic E-state index is 12.2. The molecule has 106 valence electrons. The molecular formula is C16H19NO3. The number of amides is 1. The van der Waals surface area contributed by atoms with Crippen molar-refractivity contribution in [3.05, 3.63) is 42.0 Å². The highest BCUT2D eigenvalue weighted by atomic mass is 16.5. The van der Waals surface area contributed by atoms with E-state index in [1.807, 2.05) is 31.2 Å². The van der Waals surface area contributed by atoms with Crippen molar-refractivity contribution < 1.29 is 14.6 Å². The van der Waals surface area contributed by atoms with E-state index < -0.39 is 0 Å². The number of methoxy groups -OCH3 is 1. The second kappa shape index (κ2) is 6.39. The van der Waals surface area contributed by atoms with Crippen LogP contribution in [0.1, 0.15) is 23.7 Å². The Morgan fingerprint density at radius 3 is 2.55 bits per heavy atom. The minimum Gasteiger partial charge on any atom is -0.507 e. The number of benzene rings is 2. The lowest BCUT2D eigenvalue weighted by molar-refractivity contribution is 0.0892. The predicted molar refractivity (Wildman–Crippen MR) is 79.0 cm³/mol. The molecule has 2 aromatic rings. The third kappa shape index (κ3) is 3.08. The Morgan fingerprint density at radius 1 is 1.30 bits per heavy atom. The molecule has 0 aliphatic carbocycles. The van der Waals surface area contributed by atoms with Gasteiger partial charge in [0, 0.05) is 7.11 Å². The van der Waals surface area contributed by atoms with E-state index in [9.17, 15) is 9.90 Å². The van der Waals surface area contributed by atoms with Gasteiger partial charge in [-0.05, 0) is 29.3 Å². The second-order valence-electron chi connectivity index (χ2n) is 4.75. The number of hydrogen-bond donors (Lipinski definition) is 2. The first kappa shape index (κ1) is 14.3. The first-order valence-corrected chi connectivity index (χ1v) is 6.67. The van der Waals surface area contributed by atoms with Gasteiger partial charge in [0.15, 0.2) is 0 Å². The highest BCUT2D eigenvalue weighted by molar-refractivity contribution is 6.01. The lowest BCUT2D eigenvalue weighted by Crippen LogP contribution is -2.37. The quantitative estimate of drug-likeness (QED) is 0.880. The van der Waals surface area contributed by atoms with E-state index in [2.05, 4.69) is 5.32 Å². The van der Waals surface area contributed by atoms with Crippen LogP contribution in [0, 0.1) is 0 Å². The predicted octanol–water partition coefficient (Wildman–Crippen LogP) is 2.70.